The van der Waals surface area contributed by atoms with Crippen molar-refractivity contribution in [3.63, 3.8) is 0 Å². The van der Waals surface area contributed by atoms with Crippen molar-refractivity contribution in [3.8, 4) is 0 Å². The Labute approximate surface area is 220 Å². The van der Waals surface area contributed by atoms with Crippen molar-refractivity contribution in [1.29, 1.82) is 0 Å². The lowest BCUT2D eigenvalue weighted by Gasteiger charge is -2.21. The fourth-order valence-electron chi connectivity index (χ4n) is 7.28. The van der Waals surface area contributed by atoms with Crippen LogP contribution in [0.4, 0.5) is 0 Å². The number of aliphatic imine (C=N–C) groups is 2. The minimum absolute atomic E-state index is 0.763. The van der Waals surface area contributed by atoms with E-state index in [4.69, 9.17) is 9.98 Å². The molecule has 4 aliphatic rings. The first-order valence-corrected chi connectivity index (χ1v) is 13.4. The predicted molar refractivity (Wildman–Crippen MR) is 157 cm³/mol. The van der Waals surface area contributed by atoms with Crippen molar-refractivity contribution in [1.82, 2.24) is 9.13 Å². The van der Waals surface area contributed by atoms with Gasteiger partial charge in [-0.25, -0.2) is 9.98 Å². The van der Waals surface area contributed by atoms with Gasteiger partial charge in [0.05, 0.1) is 44.9 Å². The van der Waals surface area contributed by atoms with Gasteiger partial charge in [-0.1, -0.05) is 0 Å². The van der Waals surface area contributed by atoms with Gasteiger partial charge in [0.2, 0.25) is 0 Å². The van der Waals surface area contributed by atoms with Crippen molar-refractivity contribution < 1.29 is 0 Å². The summed E-state index contributed by atoms with van der Waals surface area (Å²) in [5, 5.41) is 2.58. The molecule has 0 radical (unpaired) electrons. The van der Waals surface area contributed by atoms with Crippen LogP contribution in [-0.4, -0.2) is 20.6 Å². The summed E-state index contributed by atoms with van der Waals surface area (Å²) in [5.41, 5.74) is 22.6. The van der Waals surface area contributed by atoms with Gasteiger partial charge in [-0.05, 0) is 150 Å². The minimum atomic E-state index is 0.763. The third kappa shape index (κ3) is 2.79. The van der Waals surface area contributed by atoms with Crippen LogP contribution < -0.4 is 10.7 Å². The third-order valence-electron chi connectivity index (χ3n) is 9.74. The SMILES string of the molecule is CC1=C(C)C2=C(C)c3c(C)c(C)c4n3Cn3c(c(C)c(C)c3=C(C)C3=NC(=C4C)C(C)=C3C)=C(C)C1=N2. The van der Waals surface area contributed by atoms with Gasteiger partial charge in [0.15, 0.2) is 0 Å². The zero-order valence-corrected chi connectivity index (χ0v) is 24.5. The van der Waals surface area contributed by atoms with Crippen LogP contribution >= 0.6 is 0 Å². The number of aromatic nitrogens is 2. The number of hydrogen-bond donors (Lipinski definition) is 0. The summed E-state index contributed by atoms with van der Waals surface area (Å²) in [4.78, 5) is 10.7. The molecule has 0 saturated heterocycles. The summed E-state index contributed by atoms with van der Waals surface area (Å²) in [6.07, 6.45) is 0. The second kappa shape index (κ2) is 7.56. The maximum atomic E-state index is 5.33. The van der Waals surface area contributed by atoms with E-state index in [1.54, 1.807) is 0 Å². The van der Waals surface area contributed by atoms with Crippen LogP contribution in [0.3, 0.4) is 0 Å². The smallest absolute Gasteiger partial charge is 0.100 e. The Hall–Kier alpha value is -3.40. The zero-order valence-electron chi connectivity index (χ0n) is 24.5. The van der Waals surface area contributed by atoms with Crippen LogP contribution in [0.5, 0.6) is 0 Å². The average Bonchev–Trinajstić information content (AvgIpc) is 3.48. The van der Waals surface area contributed by atoms with Gasteiger partial charge < -0.3 is 9.13 Å². The Morgan fingerprint density at radius 3 is 1.16 bits per heavy atom. The van der Waals surface area contributed by atoms with Gasteiger partial charge in [-0.3, -0.25) is 0 Å². The molecule has 6 heterocycles. The summed E-state index contributed by atoms with van der Waals surface area (Å²) < 4.78 is 5.12. The summed E-state index contributed by atoms with van der Waals surface area (Å²) in [6, 6.07) is 0. The maximum Gasteiger partial charge on any atom is 0.100 e. The maximum absolute atomic E-state index is 5.33. The molecule has 2 aromatic heterocycles. The summed E-state index contributed by atoms with van der Waals surface area (Å²) in [7, 11) is 0. The van der Waals surface area contributed by atoms with Gasteiger partial charge in [-0.15, -0.1) is 0 Å². The second-order valence-electron chi connectivity index (χ2n) is 11.5. The highest BCUT2D eigenvalue weighted by Crippen LogP contribution is 2.41. The molecule has 0 spiro atoms. The molecule has 2 aromatic rings. The van der Waals surface area contributed by atoms with E-state index >= 15 is 0 Å². The number of hydrogen-bond acceptors (Lipinski definition) is 2. The van der Waals surface area contributed by atoms with E-state index in [-0.39, 0.29) is 0 Å². The van der Waals surface area contributed by atoms with Crippen molar-refractivity contribution in [2.24, 2.45) is 9.98 Å². The highest BCUT2D eigenvalue weighted by Gasteiger charge is 2.31. The van der Waals surface area contributed by atoms with E-state index in [1.807, 2.05) is 0 Å². The van der Waals surface area contributed by atoms with Crippen LogP contribution in [0.1, 0.15) is 89.0 Å². The monoisotopic (exact) mass is 490 g/mol. The van der Waals surface area contributed by atoms with Gasteiger partial charge in [0.25, 0.3) is 0 Å². The molecule has 4 nitrogen and oxygen atoms in total. The summed E-state index contributed by atoms with van der Waals surface area (Å²) >= 11 is 0. The second-order valence-corrected chi connectivity index (χ2v) is 11.5. The standard InChI is InChI=1S/C33H38N4/c1-14-15(2)27-23(10)31-20(7)21(8)33-25(12)29-17(4)16(3)28(35-29)24(11)32-19(6)18(5)30(22(9)26(14)34-27)36(32)13-37(31)33/h13H2,1-12H3. The molecule has 0 amide bonds. The van der Waals surface area contributed by atoms with Crippen LogP contribution in [0.25, 0.3) is 22.3 Å². The fraction of sp³-hybridized carbons (Fsp3) is 0.394. The molecule has 0 aromatic carbocycles. The Bertz CT molecular complexity index is 1700. The molecule has 6 rings (SSSR count). The molecule has 0 atom stereocenters. The van der Waals surface area contributed by atoms with Crippen molar-refractivity contribution in [3.05, 3.63) is 78.0 Å². The zero-order chi connectivity index (χ0) is 26.8. The minimum Gasteiger partial charge on any atom is -0.322 e. The number of fused-ring (bicyclic) bond motifs is 2. The number of allylic oxidation sites excluding steroid dienone is 6. The van der Waals surface area contributed by atoms with Crippen LogP contribution in [0.2, 0.25) is 0 Å². The normalized spacial score (nSPS) is 19.0. The van der Waals surface area contributed by atoms with E-state index in [9.17, 15) is 0 Å². The lowest BCUT2D eigenvalue weighted by atomic mass is 9.98. The molecule has 0 unspecified atom stereocenters. The van der Waals surface area contributed by atoms with Crippen molar-refractivity contribution in [2.45, 2.75) is 89.8 Å². The van der Waals surface area contributed by atoms with Crippen LogP contribution in [0, 0.1) is 27.7 Å². The first-order chi connectivity index (χ1) is 17.4. The Balaban J connectivity index is 1.98. The largest absolute Gasteiger partial charge is 0.322 e. The fourth-order valence-corrected chi connectivity index (χ4v) is 7.28. The molecule has 37 heavy (non-hydrogen) atoms. The highest BCUT2D eigenvalue weighted by molar-refractivity contribution is 6.30. The van der Waals surface area contributed by atoms with Crippen LogP contribution in [-0.2, 0) is 6.67 Å². The van der Waals surface area contributed by atoms with Gasteiger partial charge in [0, 0.05) is 0 Å². The molecule has 6 bridgehead atoms. The molecule has 4 heteroatoms. The molecular weight excluding hydrogens is 452 g/mol. The summed E-state index contributed by atoms with van der Waals surface area (Å²) in [5.74, 6) is 0. The van der Waals surface area contributed by atoms with E-state index in [2.05, 4.69) is 92.2 Å². The molecule has 0 N–H and O–H groups in total. The van der Waals surface area contributed by atoms with E-state index in [0.717, 1.165) is 29.5 Å². The number of rotatable bonds is 0. The van der Waals surface area contributed by atoms with Gasteiger partial charge in [-0.2, -0.15) is 0 Å². The van der Waals surface area contributed by atoms with Gasteiger partial charge >= 0.3 is 0 Å². The van der Waals surface area contributed by atoms with E-state index < -0.39 is 0 Å². The average molecular weight is 491 g/mol. The Morgan fingerprint density at radius 1 is 0.405 bits per heavy atom. The lowest BCUT2D eigenvalue weighted by Crippen LogP contribution is -2.36. The van der Waals surface area contributed by atoms with E-state index in [1.165, 1.54) is 88.9 Å². The molecule has 0 saturated carbocycles. The summed E-state index contributed by atoms with van der Waals surface area (Å²) in [6.45, 7) is 27.9. The molecule has 4 aliphatic heterocycles. The van der Waals surface area contributed by atoms with Crippen molar-refractivity contribution in [2.75, 3.05) is 0 Å². The van der Waals surface area contributed by atoms with Crippen molar-refractivity contribution >= 4 is 33.7 Å². The first-order valence-electron chi connectivity index (χ1n) is 13.4. The Kier molecular flexibility index (Phi) is 4.90. The third-order valence-corrected chi connectivity index (χ3v) is 9.74. The van der Waals surface area contributed by atoms with Gasteiger partial charge in [0.1, 0.15) is 6.67 Å². The highest BCUT2D eigenvalue weighted by atomic mass is 15.2. The molecule has 190 valence electrons. The molecular formula is C33H38N4. The first kappa shape index (κ1) is 24.0. The molecule has 0 aliphatic carbocycles. The van der Waals surface area contributed by atoms with E-state index in [0.29, 0.717) is 0 Å². The topological polar surface area (TPSA) is 34.6 Å². The number of nitrogens with zero attached hydrogens (tertiary/aromatic N) is 4. The van der Waals surface area contributed by atoms with Crippen LogP contribution in [0.15, 0.2) is 43.7 Å². The lowest BCUT2D eigenvalue weighted by molar-refractivity contribution is 0.574. The molecule has 0 fully saturated rings. The Morgan fingerprint density at radius 2 is 0.784 bits per heavy atom. The predicted octanol–water partition coefficient (Wildman–Crippen LogP) is 6.44. The quantitative estimate of drug-likeness (QED) is 0.407.